The van der Waals surface area contributed by atoms with Crippen LogP contribution in [-0.2, 0) is 40.2 Å². The number of nitrogens with zero attached hydrogens (tertiary/aromatic N) is 6. The number of allylic oxidation sites excluding steroid dienone is 1. The molecule has 2 aromatic heterocycles. The maximum absolute atomic E-state index is 8.49. The molecule has 2 radical (unpaired) electrons. The molecule has 8 rings (SSSR count). The van der Waals surface area contributed by atoms with Crippen LogP contribution in [-0.4, -0.2) is 45.8 Å². The van der Waals surface area contributed by atoms with E-state index in [9.17, 15) is 0 Å². The van der Waals surface area contributed by atoms with Gasteiger partial charge in [0.15, 0.2) is 17.5 Å². The molecular formula is C51H51Ir2N6O2-. The van der Waals surface area contributed by atoms with Crippen molar-refractivity contribution >= 4 is 0 Å². The quantitative estimate of drug-likeness (QED) is 0.122. The maximum Gasteiger partial charge on any atom is 0.169 e. The van der Waals surface area contributed by atoms with Crippen LogP contribution in [0, 0.1) is 47.6 Å². The first-order valence-electron chi connectivity index (χ1n) is 19.7. The van der Waals surface area contributed by atoms with Crippen molar-refractivity contribution in [2.45, 2.75) is 61.5 Å². The molecule has 0 amide bonds. The Balaban J connectivity index is 0.000000226. The smallest absolute Gasteiger partial charge is 0.169 e. The molecule has 1 unspecified atom stereocenters. The van der Waals surface area contributed by atoms with Gasteiger partial charge in [0.2, 0.25) is 0 Å². The molecule has 0 aliphatic heterocycles. The monoisotopic (exact) mass is 1170 g/mol. The second-order valence-electron chi connectivity index (χ2n) is 14.7. The minimum Gasteiger partial charge on any atom is -0.513 e. The Morgan fingerprint density at radius 3 is 1.31 bits per heavy atom. The van der Waals surface area contributed by atoms with Gasteiger partial charge in [-0.15, -0.1) is 51.2 Å². The van der Waals surface area contributed by atoms with Crippen molar-refractivity contribution < 1.29 is 50.4 Å². The van der Waals surface area contributed by atoms with E-state index in [4.69, 9.17) is 10.2 Å². The van der Waals surface area contributed by atoms with E-state index < -0.39 is 6.10 Å². The van der Waals surface area contributed by atoms with Gasteiger partial charge < -0.3 is 14.8 Å². The normalized spacial score (nSPS) is 11.2. The molecule has 6 aromatic carbocycles. The molecule has 0 spiro atoms. The number of rotatable bonds is 7. The first-order chi connectivity index (χ1) is 28.5. The van der Waals surface area contributed by atoms with Crippen molar-refractivity contribution in [3.05, 3.63) is 191 Å². The van der Waals surface area contributed by atoms with Crippen LogP contribution in [0.15, 0.2) is 151 Å². The third kappa shape index (κ3) is 11.4. The topological polar surface area (TPSA) is 102 Å². The standard InChI is InChI=1S/C23H21N3.C23H20N3.C5H10O2.2Ir/c2*1-16-10-7-8-15-20(16)23-25-24-22(19-13-5-4-6-14-19)26(23)21-17(2)11-9-12-18(21)3;1-4(6)3-5(2)7;;/h4-15H,1-3H3;4-13,15H,1-3H3;3-4,6-7H,1-2H3;;/q;-1;;;. The summed E-state index contributed by atoms with van der Waals surface area (Å²) >= 11 is 0. The molecule has 61 heavy (non-hydrogen) atoms. The Hall–Kier alpha value is -5.60. The van der Waals surface area contributed by atoms with Gasteiger partial charge in [0.05, 0.1) is 23.4 Å². The zero-order chi connectivity index (χ0) is 42.1. The zero-order valence-corrected chi connectivity index (χ0v) is 40.5. The van der Waals surface area contributed by atoms with Crippen molar-refractivity contribution in [2.24, 2.45) is 0 Å². The van der Waals surface area contributed by atoms with Crippen LogP contribution in [0.4, 0.5) is 0 Å². The van der Waals surface area contributed by atoms with Crippen LogP contribution >= 0.6 is 0 Å². The average Bonchev–Trinajstić information content (AvgIpc) is 3.84. The summed E-state index contributed by atoms with van der Waals surface area (Å²) in [5.74, 6) is 3.56. The number of aliphatic hydroxyl groups is 2. The SMILES string of the molecule is CC(O)=CC(C)O.Cc1ccccc1-c1nnc(-c2[c-]cccc2)n1-c1c(C)cccc1C.Cc1ccccc1-c1nnc(-c2ccccc2)n1-c1c(C)cccc1C.[Ir].[Ir]. The van der Waals surface area contributed by atoms with Gasteiger partial charge in [0.1, 0.15) is 0 Å². The molecular weight excluding hydrogens is 1110 g/mol. The summed E-state index contributed by atoms with van der Waals surface area (Å²) in [5, 5.41) is 35.2. The van der Waals surface area contributed by atoms with E-state index in [0.29, 0.717) is 0 Å². The largest absolute Gasteiger partial charge is 0.513 e. The van der Waals surface area contributed by atoms with Crippen LogP contribution in [0.25, 0.3) is 56.9 Å². The van der Waals surface area contributed by atoms with Gasteiger partial charge in [0.25, 0.3) is 0 Å². The van der Waals surface area contributed by atoms with Crippen LogP contribution < -0.4 is 0 Å². The maximum atomic E-state index is 8.49. The Morgan fingerprint density at radius 1 is 0.508 bits per heavy atom. The van der Waals surface area contributed by atoms with Gasteiger partial charge >= 0.3 is 0 Å². The van der Waals surface area contributed by atoms with E-state index in [1.54, 1.807) is 6.92 Å². The van der Waals surface area contributed by atoms with Gasteiger partial charge in [-0.1, -0.05) is 115 Å². The van der Waals surface area contributed by atoms with Gasteiger partial charge in [-0.2, -0.15) is 5.10 Å². The molecule has 0 aliphatic carbocycles. The van der Waals surface area contributed by atoms with Gasteiger partial charge in [-0.25, -0.2) is 0 Å². The summed E-state index contributed by atoms with van der Waals surface area (Å²) in [6, 6.07) is 50.8. The van der Waals surface area contributed by atoms with Crippen LogP contribution in [0.3, 0.4) is 0 Å². The Kier molecular flexibility index (Phi) is 17.6. The average molecular weight is 1160 g/mol. The summed E-state index contributed by atoms with van der Waals surface area (Å²) in [6.07, 6.45) is 0.824. The fourth-order valence-electron chi connectivity index (χ4n) is 7.14. The van der Waals surface area contributed by atoms with E-state index in [-0.39, 0.29) is 46.0 Å². The number of hydrogen-bond donors (Lipinski definition) is 2. The van der Waals surface area contributed by atoms with E-state index in [2.05, 4.69) is 156 Å². The van der Waals surface area contributed by atoms with Crippen molar-refractivity contribution in [1.82, 2.24) is 29.5 Å². The fraction of sp³-hybridized carbons (Fsp3) is 0.176. The predicted octanol–water partition coefficient (Wildman–Crippen LogP) is 11.7. The van der Waals surface area contributed by atoms with E-state index in [0.717, 1.165) is 56.9 Å². The van der Waals surface area contributed by atoms with E-state index >= 15 is 0 Å². The number of para-hydroxylation sites is 2. The molecule has 0 bridgehead atoms. The van der Waals surface area contributed by atoms with Crippen LogP contribution in [0.1, 0.15) is 47.2 Å². The van der Waals surface area contributed by atoms with Crippen LogP contribution in [0.2, 0.25) is 0 Å². The van der Waals surface area contributed by atoms with Gasteiger partial charge in [0, 0.05) is 62.6 Å². The first-order valence-corrected chi connectivity index (χ1v) is 19.7. The van der Waals surface area contributed by atoms with E-state index in [1.807, 2.05) is 60.7 Å². The molecule has 8 nitrogen and oxygen atoms in total. The minimum atomic E-state index is -0.537. The zero-order valence-electron chi connectivity index (χ0n) is 35.7. The number of aromatic nitrogens is 6. The Bertz CT molecular complexity index is 2470. The molecule has 0 aliphatic rings. The molecule has 2 heterocycles. The molecule has 0 saturated heterocycles. The third-order valence-electron chi connectivity index (χ3n) is 9.89. The molecule has 0 saturated carbocycles. The molecule has 316 valence electrons. The minimum absolute atomic E-state index is 0. The molecule has 1 atom stereocenters. The van der Waals surface area contributed by atoms with Gasteiger partial charge in [-0.05, 0) is 94.8 Å². The second-order valence-corrected chi connectivity index (χ2v) is 14.7. The predicted molar refractivity (Wildman–Crippen MR) is 240 cm³/mol. The summed E-state index contributed by atoms with van der Waals surface area (Å²) < 4.78 is 4.36. The van der Waals surface area contributed by atoms with Crippen LogP contribution in [0.5, 0.6) is 0 Å². The molecule has 10 heteroatoms. The summed E-state index contributed by atoms with van der Waals surface area (Å²) in [6.45, 7) is 15.9. The first kappa shape index (κ1) is 48.1. The summed E-state index contributed by atoms with van der Waals surface area (Å²) in [5.41, 5.74) is 13.6. The Morgan fingerprint density at radius 2 is 0.902 bits per heavy atom. The van der Waals surface area contributed by atoms with Crippen molar-refractivity contribution in [3.63, 3.8) is 0 Å². The Labute approximate surface area is 386 Å². The number of benzene rings is 6. The van der Waals surface area contributed by atoms with E-state index in [1.165, 1.54) is 46.4 Å². The van der Waals surface area contributed by atoms with Crippen molar-refractivity contribution in [3.8, 4) is 56.9 Å². The summed E-state index contributed by atoms with van der Waals surface area (Å²) in [7, 11) is 0. The fourth-order valence-corrected chi connectivity index (χ4v) is 7.14. The molecule has 8 aromatic rings. The second kappa shape index (κ2) is 22.3. The number of aryl methyl sites for hydroxylation is 6. The number of aliphatic hydroxyl groups excluding tert-OH is 2. The van der Waals surface area contributed by atoms with Gasteiger partial charge in [-0.3, -0.25) is 4.57 Å². The molecule has 2 N–H and O–H groups in total. The molecule has 0 fully saturated rings. The van der Waals surface area contributed by atoms with Crippen molar-refractivity contribution in [1.29, 1.82) is 0 Å². The summed E-state index contributed by atoms with van der Waals surface area (Å²) in [4.78, 5) is 0. The number of hydrogen-bond acceptors (Lipinski definition) is 6. The van der Waals surface area contributed by atoms with Crippen molar-refractivity contribution in [2.75, 3.05) is 0 Å². The third-order valence-corrected chi connectivity index (χ3v) is 9.89.